The molecule has 1 aromatic heterocycles. The number of carboxylic acid groups (broad SMARTS) is 1. The van der Waals surface area contributed by atoms with Gasteiger partial charge in [0.1, 0.15) is 5.82 Å². The van der Waals surface area contributed by atoms with Gasteiger partial charge in [-0.1, -0.05) is 23.7 Å². The van der Waals surface area contributed by atoms with Crippen LogP contribution >= 0.6 is 11.6 Å². The molecule has 0 saturated carbocycles. The molecule has 3 rings (SSSR count). The Kier molecular flexibility index (Phi) is 5.85. The van der Waals surface area contributed by atoms with Crippen molar-refractivity contribution >= 4 is 29.4 Å². The van der Waals surface area contributed by atoms with Crippen LogP contribution in [0.5, 0.6) is 0 Å². The van der Waals surface area contributed by atoms with Crippen LogP contribution in [0.4, 0.5) is 10.3 Å². The summed E-state index contributed by atoms with van der Waals surface area (Å²) in [5.41, 5.74) is 0.447. The van der Waals surface area contributed by atoms with Gasteiger partial charge >= 0.3 is 5.97 Å². The lowest BCUT2D eigenvalue weighted by Gasteiger charge is -2.19. The second-order valence-electron chi connectivity index (χ2n) is 6.24. The Hall–Kier alpha value is -2.74. The lowest BCUT2D eigenvalue weighted by Crippen LogP contribution is -2.32. The second kappa shape index (κ2) is 8.30. The molecule has 1 saturated heterocycles. The van der Waals surface area contributed by atoms with Crippen molar-refractivity contribution in [3.05, 3.63) is 52.6 Å². The number of carbonyl (C=O) groups excluding carboxylic acids is 1. The van der Waals surface area contributed by atoms with Crippen LogP contribution in [0.2, 0.25) is 5.02 Å². The van der Waals surface area contributed by atoms with Crippen LogP contribution in [-0.2, 0) is 4.79 Å². The molecule has 1 aliphatic heterocycles. The summed E-state index contributed by atoms with van der Waals surface area (Å²) in [5, 5.41) is 11.8. The number of anilines is 1. The van der Waals surface area contributed by atoms with Crippen LogP contribution in [-0.4, -0.2) is 40.0 Å². The minimum atomic E-state index is -1.10. The third kappa shape index (κ3) is 4.71. The molecular weight excluding hydrogens is 375 g/mol. The van der Waals surface area contributed by atoms with E-state index in [1.165, 1.54) is 30.5 Å². The number of rotatable bonds is 6. The number of carbonyl (C=O) groups is 2. The van der Waals surface area contributed by atoms with Gasteiger partial charge in [0.2, 0.25) is 5.95 Å². The summed E-state index contributed by atoms with van der Waals surface area (Å²) in [7, 11) is 0. The predicted molar refractivity (Wildman–Crippen MR) is 97.3 cm³/mol. The van der Waals surface area contributed by atoms with Gasteiger partial charge in [0.15, 0.2) is 5.69 Å². The molecule has 2 N–H and O–H groups in total. The van der Waals surface area contributed by atoms with E-state index in [2.05, 4.69) is 15.3 Å². The first-order valence-electron chi connectivity index (χ1n) is 8.49. The van der Waals surface area contributed by atoms with E-state index in [0.29, 0.717) is 11.5 Å². The standard InChI is InChI=1S/C18H18ClFN4O3/c19-13-10-21-18(24-7-1-2-8-24)23-16(13)17(27)22-14(9-15(25)26)11-3-5-12(20)6-4-11/h3-6,10,14H,1-2,7-9H2,(H,22,27)(H,25,26)/t14-/m0/s1. The van der Waals surface area contributed by atoms with Crippen LogP contribution in [0.1, 0.15) is 41.4 Å². The molecule has 0 radical (unpaired) electrons. The maximum atomic E-state index is 13.1. The number of benzene rings is 1. The summed E-state index contributed by atoms with van der Waals surface area (Å²) >= 11 is 6.08. The Morgan fingerprint density at radius 1 is 1.26 bits per heavy atom. The maximum absolute atomic E-state index is 13.1. The van der Waals surface area contributed by atoms with E-state index in [1.54, 1.807) is 0 Å². The average Bonchev–Trinajstić information content (AvgIpc) is 3.16. The number of hydrogen-bond donors (Lipinski definition) is 2. The van der Waals surface area contributed by atoms with Crippen LogP contribution in [0.15, 0.2) is 30.5 Å². The van der Waals surface area contributed by atoms with Gasteiger partial charge in [-0.3, -0.25) is 9.59 Å². The fourth-order valence-electron chi connectivity index (χ4n) is 2.94. The SMILES string of the molecule is O=C(O)C[C@H](NC(=O)c1nc(N2CCCC2)ncc1Cl)c1ccc(F)cc1. The highest BCUT2D eigenvalue weighted by atomic mass is 35.5. The first-order valence-corrected chi connectivity index (χ1v) is 8.87. The topological polar surface area (TPSA) is 95.4 Å². The summed E-state index contributed by atoms with van der Waals surface area (Å²) < 4.78 is 13.1. The fraction of sp³-hybridized carbons (Fsp3) is 0.333. The molecule has 1 aliphatic rings. The van der Waals surface area contributed by atoms with Gasteiger partial charge in [-0.25, -0.2) is 14.4 Å². The Morgan fingerprint density at radius 3 is 2.56 bits per heavy atom. The van der Waals surface area contributed by atoms with Crippen LogP contribution in [0.25, 0.3) is 0 Å². The third-order valence-electron chi connectivity index (χ3n) is 4.29. The van der Waals surface area contributed by atoms with E-state index >= 15 is 0 Å². The molecule has 2 heterocycles. The third-order valence-corrected chi connectivity index (χ3v) is 4.57. The number of halogens is 2. The lowest BCUT2D eigenvalue weighted by molar-refractivity contribution is -0.137. The van der Waals surface area contributed by atoms with Crippen LogP contribution in [0, 0.1) is 5.82 Å². The monoisotopic (exact) mass is 392 g/mol. The van der Waals surface area contributed by atoms with Crippen molar-refractivity contribution in [2.45, 2.75) is 25.3 Å². The molecule has 0 bridgehead atoms. The molecule has 0 unspecified atom stereocenters. The number of carboxylic acids is 1. The van der Waals surface area contributed by atoms with Crippen molar-refractivity contribution in [1.82, 2.24) is 15.3 Å². The van der Waals surface area contributed by atoms with Gasteiger partial charge in [-0.15, -0.1) is 0 Å². The summed E-state index contributed by atoms with van der Waals surface area (Å²) in [5.74, 6) is -1.75. The van der Waals surface area contributed by atoms with E-state index in [1.807, 2.05) is 4.90 Å². The molecule has 0 aliphatic carbocycles. The van der Waals surface area contributed by atoms with Gasteiger partial charge < -0.3 is 15.3 Å². The number of hydrogen-bond acceptors (Lipinski definition) is 5. The zero-order valence-electron chi connectivity index (χ0n) is 14.4. The molecule has 27 heavy (non-hydrogen) atoms. The first kappa shape index (κ1) is 19.0. The molecule has 1 aromatic carbocycles. The van der Waals surface area contributed by atoms with Crippen molar-refractivity contribution in [1.29, 1.82) is 0 Å². The van der Waals surface area contributed by atoms with Gasteiger partial charge in [-0.05, 0) is 30.5 Å². The quantitative estimate of drug-likeness (QED) is 0.784. The molecule has 142 valence electrons. The number of amides is 1. The Bertz CT molecular complexity index is 841. The second-order valence-corrected chi connectivity index (χ2v) is 6.64. The Morgan fingerprint density at radius 2 is 1.93 bits per heavy atom. The summed E-state index contributed by atoms with van der Waals surface area (Å²) in [6.07, 6.45) is 3.05. The highest BCUT2D eigenvalue weighted by Gasteiger charge is 2.23. The van der Waals surface area contributed by atoms with Crippen molar-refractivity contribution in [3.63, 3.8) is 0 Å². The van der Waals surface area contributed by atoms with Crippen molar-refractivity contribution in [3.8, 4) is 0 Å². The van der Waals surface area contributed by atoms with Crippen molar-refractivity contribution in [2.75, 3.05) is 18.0 Å². The Balaban J connectivity index is 1.83. The smallest absolute Gasteiger partial charge is 0.305 e. The van der Waals surface area contributed by atoms with Gasteiger partial charge in [0.05, 0.1) is 23.7 Å². The van der Waals surface area contributed by atoms with Gasteiger partial charge in [-0.2, -0.15) is 0 Å². The summed E-state index contributed by atoms with van der Waals surface area (Å²) in [6.45, 7) is 1.61. The minimum absolute atomic E-state index is 0.0222. The van der Waals surface area contributed by atoms with E-state index in [9.17, 15) is 14.0 Å². The van der Waals surface area contributed by atoms with Gasteiger partial charge in [0, 0.05) is 13.1 Å². The number of aliphatic carboxylic acids is 1. The molecule has 1 atom stereocenters. The number of nitrogens with one attached hydrogen (secondary N) is 1. The largest absolute Gasteiger partial charge is 0.481 e. The molecule has 0 spiro atoms. The molecule has 2 aromatic rings. The fourth-order valence-corrected chi connectivity index (χ4v) is 3.11. The van der Waals surface area contributed by atoms with Crippen molar-refractivity contribution in [2.24, 2.45) is 0 Å². The lowest BCUT2D eigenvalue weighted by atomic mass is 10.0. The molecular formula is C18H18ClFN4O3. The molecule has 1 amide bonds. The highest BCUT2D eigenvalue weighted by Crippen LogP contribution is 2.22. The number of nitrogens with zero attached hydrogens (tertiary/aromatic N) is 3. The molecule has 1 fully saturated rings. The zero-order valence-corrected chi connectivity index (χ0v) is 15.1. The molecule has 9 heteroatoms. The predicted octanol–water partition coefficient (Wildman–Crippen LogP) is 2.82. The van der Waals surface area contributed by atoms with Crippen molar-refractivity contribution < 1.29 is 19.1 Å². The maximum Gasteiger partial charge on any atom is 0.305 e. The minimum Gasteiger partial charge on any atom is -0.481 e. The van der Waals surface area contributed by atoms with Crippen LogP contribution in [0.3, 0.4) is 0 Å². The van der Waals surface area contributed by atoms with Crippen LogP contribution < -0.4 is 10.2 Å². The normalized spacial score (nSPS) is 14.8. The van der Waals surface area contributed by atoms with Gasteiger partial charge in [0.25, 0.3) is 5.91 Å². The number of aromatic nitrogens is 2. The van der Waals surface area contributed by atoms with E-state index in [0.717, 1.165) is 25.9 Å². The molecule has 7 nitrogen and oxygen atoms in total. The van der Waals surface area contributed by atoms with E-state index in [-0.39, 0.29) is 17.1 Å². The zero-order chi connectivity index (χ0) is 19.4. The Labute approximate surface area is 160 Å². The average molecular weight is 393 g/mol. The summed E-state index contributed by atoms with van der Waals surface area (Å²) in [4.78, 5) is 34.3. The first-order chi connectivity index (χ1) is 12.9. The summed E-state index contributed by atoms with van der Waals surface area (Å²) in [6, 6.07) is 4.43. The van der Waals surface area contributed by atoms with E-state index in [4.69, 9.17) is 16.7 Å². The van der Waals surface area contributed by atoms with E-state index < -0.39 is 23.7 Å². The highest BCUT2D eigenvalue weighted by molar-refractivity contribution is 6.33.